The fourth-order valence-corrected chi connectivity index (χ4v) is 2.67. The van der Waals surface area contributed by atoms with Crippen LogP contribution in [0.15, 0.2) is 6.20 Å². The van der Waals surface area contributed by atoms with Crippen LogP contribution in [0.3, 0.4) is 0 Å². The van der Waals surface area contributed by atoms with E-state index in [0.29, 0.717) is 0 Å². The van der Waals surface area contributed by atoms with Gasteiger partial charge in [0.1, 0.15) is 0 Å². The second-order valence-corrected chi connectivity index (χ2v) is 5.44. The van der Waals surface area contributed by atoms with Crippen LogP contribution in [-0.2, 0) is 6.54 Å². The summed E-state index contributed by atoms with van der Waals surface area (Å²) in [7, 11) is 0. The summed E-state index contributed by atoms with van der Waals surface area (Å²) >= 11 is 1.83. The number of thiazole rings is 1. The molecule has 0 radical (unpaired) electrons. The number of nitrogens with zero attached hydrogens (tertiary/aromatic N) is 2. The minimum absolute atomic E-state index is 0.781. The maximum absolute atomic E-state index is 4.51. The highest BCUT2D eigenvalue weighted by atomic mass is 32.1. The van der Waals surface area contributed by atoms with Crippen LogP contribution in [0.1, 0.15) is 38.0 Å². The average Bonchev–Trinajstić information content (AvgIpc) is 3.02. The molecule has 90 valence electrons. The van der Waals surface area contributed by atoms with Crippen molar-refractivity contribution in [3.05, 3.63) is 11.1 Å². The van der Waals surface area contributed by atoms with E-state index in [0.717, 1.165) is 25.7 Å². The first-order valence-electron chi connectivity index (χ1n) is 6.26. The van der Waals surface area contributed by atoms with Crippen LogP contribution < -0.4 is 10.2 Å². The highest BCUT2D eigenvalue weighted by Gasteiger charge is 2.20. The molecule has 3 nitrogen and oxygen atoms in total. The summed E-state index contributed by atoms with van der Waals surface area (Å²) in [5.74, 6) is 0. The summed E-state index contributed by atoms with van der Waals surface area (Å²) < 4.78 is 0. The fraction of sp³-hybridized carbons (Fsp3) is 0.750. The van der Waals surface area contributed by atoms with Gasteiger partial charge in [-0.1, -0.05) is 6.92 Å². The van der Waals surface area contributed by atoms with Crippen LogP contribution >= 0.6 is 11.3 Å². The van der Waals surface area contributed by atoms with Crippen LogP contribution in [0.4, 0.5) is 5.13 Å². The first-order chi connectivity index (χ1) is 7.83. The lowest BCUT2D eigenvalue weighted by atomic mass is 10.4. The second kappa shape index (κ2) is 5.64. The molecule has 1 fully saturated rings. The largest absolute Gasteiger partial charge is 0.348 e. The molecule has 16 heavy (non-hydrogen) atoms. The fourth-order valence-electron chi connectivity index (χ4n) is 1.72. The van der Waals surface area contributed by atoms with Crippen molar-refractivity contribution < 1.29 is 0 Å². The molecule has 2 rings (SSSR count). The predicted octanol–water partition coefficient (Wildman–Crippen LogP) is 2.63. The van der Waals surface area contributed by atoms with E-state index in [1.54, 1.807) is 0 Å². The standard InChI is InChI=1S/C12H21N3S/c1-3-7-15(4-2)12-14-9-11(16-12)8-13-10-5-6-10/h9-10,13H,3-8H2,1-2H3. The summed E-state index contributed by atoms with van der Waals surface area (Å²) in [5.41, 5.74) is 0. The van der Waals surface area contributed by atoms with Crippen LogP contribution in [-0.4, -0.2) is 24.1 Å². The van der Waals surface area contributed by atoms with Crippen molar-refractivity contribution in [3.63, 3.8) is 0 Å². The zero-order chi connectivity index (χ0) is 11.4. The number of nitrogens with one attached hydrogen (secondary N) is 1. The summed E-state index contributed by atoms with van der Waals surface area (Å²) in [5, 5.41) is 4.70. The SMILES string of the molecule is CCCN(CC)c1ncc(CNC2CC2)s1. The normalized spacial score (nSPS) is 15.4. The Morgan fingerprint density at radius 2 is 2.31 bits per heavy atom. The van der Waals surface area contributed by atoms with E-state index in [1.165, 1.54) is 29.3 Å². The Morgan fingerprint density at radius 1 is 1.50 bits per heavy atom. The minimum atomic E-state index is 0.781. The molecule has 1 heterocycles. The lowest BCUT2D eigenvalue weighted by molar-refractivity contribution is 0.694. The molecular formula is C12H21N3S. The molecule has 0 spiro atoms. The first-order valence-corrected chi connectivity index (χ1v) is 7.08. The van der Waals surface area contributed by atoms with Crippen LogP contribution in [0.25, 0.3) is 0 Å². The van der Waals surface area contributed by atoms with Gasteiger partial charge in [0.15, 0.2) is 5.13 Å². The van der Waals surface area contributed by atoms with Gasteiger partial charge >= 0.3 is 0 Å². The van der Waals surface area contributed by atoms with E-state index in [4.69, 9.17) is 0 Å². The summed E-state index contributed by atoms with van der Waals surface area (Å²) in [4.78, 5) is 8.22. The van der Waals surface area contributed by atoms with Crippen molar-refractivity contribution in [1.82, 2.24) is 10.3 Å². The van der Waals surface area contributed by atoms with Gasteiger partial charge in [0, 0.05) is 36.8 Å². The van der Waals surface area contributed by atoms with Gasteiger partial charge in [-0.3, -0.25) is 0 Å². The van der Waals surface area contributed by atoms with Crippen molar-refractivity contribution in [2.45, 2.75) is 45.7 Å². The number of hydrogen-bond donors (Lipinski definition) is 1. The molecule has 1 aliphatic carbocycles. The molecule has 0 atom stereocenters. The van der Waals surface area contributed by atoms with Gasteiger partial charge in [-0.25, -0.2) is 4.98 Å². The molecule has 0 aliphatic heterocycles. The van der Waals surface area contributed by atoms with Crippen molar-refractivity contribution in [1.29, 1.82) is 0 Å². The number of rotatable bonds is 7. The minimum Gasteiger partial charge on any atom is -0.348 e. The van der Waals surface area contributed by atoms with Crippen molar-refractivity contribution in [3.8, 4) is 0 Å². The number of aromatic nitrogens is 1. The van der Waals surface area contributed by atoms with E-state index in [2.05, 4.69) is 29.0 Å². The molecule has 0 aromatic carbocycles. The average molecular weight is 239 g/mol. The van der Waals surface area contributed by atoms with Crippen molar-refractivity contribution in [2.24, 2.45) is 0 Å². The first kappa shape index (κ1) is 11.9. The van der Waals surface area contributed by atoms with Crippen LogP contribution in [0.2, 0.25) is 0 Å². The number of hydrogen-bond acceptors (Lipinski definition) is 4. The van der Waals surface area contributed by atoms with Gasteiger partial charge in [0.2, 0.25) is 0 Å². The van der Waals surface area contributed by atoms with Gasteiger partial charge in [-0.2, -0.15) is 0 Å². The second-order valence-electron chi connectivity index (χ2n) is 4.34. The lowest BCUT2D eigenvalue weighted by Crippen LogP contribution is -2.22. The third-order valence-corrected chi connectivity index (χ3v) is 3.89. The smallest absolute Gasteiger partial charge is 0.185 e. The van der Waals surface area contributed by atoms with E-state index in [-0.39, 0.29) is 0 Å². The van der Waals surface area contributed by atoms with E-state index in [9.17, 15) is 0 Å². The van der Waals surface area contributed by atoms with Gasteiger partial charge < -0.3 is 10.2 Å². The maximum atomic E-state index is 4.51. The van der Waals surface area contributed by atoms with Crippen LogP contribution in [0, 0.1) is 0 Å². The molecule has 1 saturated carbocycles. The van der Waals surface area contributed by atoms with Crippen molar-refractivity contribution in [2.75, 3.05) is 18.0 Å². The summed E-state index contributed by atoms with van der Waals surface area (Å²) in [6.07, 6.45) is 5.90. The topological polar surface area (TPSA) is 28.2 Å². The van der Waals surface area contributed by atoms with E-state index >= 15 is 0 Å². The molecule has 1 N–H and O–H groups in total. The molecule has 1 aliphatic rings. The van der Waals surface area contributed by atoms with Gasteiger partial charge in [-0.05, 0) is 26.2 Å². The highest BCUT2D eigenvalue weighted by Crippen LogP contribution is 2.24. The van der Waals surface area contributed by atoms with Gasteiger partial charge in [-0.15, -0.1) is 11.3 Å². The Bertz CT molecular complexity index is 320. The van der Waals surface area contributed by atoms with Gasteiger partial charge in [0.25, 0.3) is 0 Å². The Labute approximate surface area is 102 Å². The molecule has 0 unspecified atom stereocenters. The monoisotopic (exact) mass is 239 g/mol. The molecular weight excluding hydrogens is 218 g/mol. The Kier molecular flexibility index (Phi) is 4.18. The van der Waals surface area contributed by atoms with Crippen molar-refractivity contribution >= 4 is 16.5 Å². The van der Waals surface area contributed by atoms with E-state index in [1.807, 2.05) is 17.5 Å². The quantitative estimate of drug-likeness (QED) is 0.793. The molecule has 1 aromatic rings. The molecule has 0 saturated heterocycles. The van der Waals surface area contributed by atoms with Crippen LogP contribution in [0.5, 0.6) is 0 Å². The van der Waals surface area contributed by atoms with Gasteiger partial charge in [0.05, 0.1) is 0 Å². The predicted molar refractivity (Wildman–Crippen MR) is 70.2 cm³/mol. The van der Waals surface area contributed by atoms with E-state index < -0.39 is 0 Å². The third kappa shape index (κ3) is 3.19. The Hall–Kier alpha value is -0.610. The molecule has 1 aromatic heterocycles. The lowest BCUT2D eigenvalue weighted by Gasteiger charge is -2.18. The molecule has 4 heteroatoms. The summed E-state index contributed by atoms with van der Waals surface area (Å²) in [6.45, 7) is 7.56. The molecule has 0 bridgehead atoms. The zero-order valence-corrected chi connectivity index (χ0v) is 11.0. The molecule has 0 amide bonds. The Morgan fingerprint density at radius 3 is 2.94 bits per heavy atom. The maximum Gasteiger partial charge on any atom is 0.185 e. The highest BCUT2D eigenvalue weighted by molar-refractivity contribution is 7.15. The zero-order valence-electron chi connectivity index (χ0n) is 10.2. The summed E-state index contributed by atoms with van der Waals surface area (Å²) in [6, 6.07) is 0.781. The third-order valence-electron chi connectivity index (χ3n) is 2.83. The Balaban J connectivity index is 1.88. The number of anilines is 1.